The number of hydrogen-bond acceptors (Lipinski definition) is 5. The molecule has 0 bridgehead atoms. The highest BCUT2D eigenvalue weighted by atomic mass is 32.1. The van der Waals surface area contributed by atoms with Crippen LogP contribution in [-0.4, -0.2) is 28.2 Å². The zero-order valence-corrected chi connectivity index (χ0v) is 15.7. The molecule has 0 aliphatic carbocycles. The van der Waals surface area contributed by atoms with E-state index >= 15 is 0 Å². The van der Waals surface area contributed by atoms with Crippen molar-refractivity contribution in [1.29, 1.82) is 0 Å². The van der Waals surface area contributed by atoms with E-state index in [2.05, 4.69) is 20.5 Å². The van der Waals surface area contributed by atoms with Crippen LogP contribution in [0.5, 0.6) is 5.75 Å². The molecule has 0 fully saturated rings. The number of thiazole rings is 1. The molecule has 2 aromatic heterocycles. The second kappa shape index (κ2) is 7.20. The molecule has 6 nitrogen and oxygen atoms in total. The summed E-state index contributed by atoms with van der Waals surface area (Å²) >= 11 is 1.37. The van der Waals surface area contributed by atoms with E-state index in [0.717, 1.165) is 32.8 Å². The maximum Gasteiger partial charge on any atom is 0.263 e. The molecule has 2 aromatic carbocycles. The van der Waals surface area contributed by atoms with Crippen molar-refractivity contribution in [2.45, 2.75) is 13.0 Å². The largest absolute Gasteiger partial charge is 0.497 e. The average Bonchev–Trinajstić information content (AvgIpc) is 3.36. The Morgan fingerprint density at radius 1 is 1.22 bits per heavy atom. The number of aromatic nitrogens is 3. The van der Waals surface area contributed by atoms with Crippen LogP contribution in [0.15, 0.2) is 54.9 Å². The van der Waals surface area contributed by atoms with Gasteiger partial charge in [-0.05, 0) is 42.8 Å². The highest BCUT2D eigenvalue weighted by molar-refractivity contribution is 7.16. The van der Waals surface area contributed by atoms with Crippen molar-refractivity contribution in [3.05, 3.63) is 65.3 Å². The lowest BCUT2D eigenvalue weighted by Crippen LogP contribution is -2.25. The number of hydrogen-bond donors (Lipinski definition) is 2. The zero-order valence-electron chi connectivity index (χ0n) is 14.9. The SMILES string of the molecule is COc1cccc([C@@H](C)NC(=O)c2cnc(-c3ccc4[nH]ncc4c3)s2)c1. The molecular formula is C20H18N4O2S. The van der Waals surface area contributed by atoms with Crippen LogP contribution in [0.1, 0.15) is 28.2 Å². The van der Waals surface area contributed by atoms with Gasteiger partial charge in [-0.25, -0.2) is 4.98 Å². The molecule has 0 saturated heterocycles. The lowest BCUT2D eigenvalue weighted by Gasteiger charge is -2.14. The summed E-state index contributed by atoms with van der Waals surface area (Å²) in [6.45, 7) is 1.95. The molecule has 1 amide bonds. The third kappa shape index (κ3) is 3.54. The third-order valence-electron chi connectivity index (χ3n) is 4.36. The van der Waals surface area contributed by atoms with Crippen LogP contribution < -0.4 is 10.1 Å². The molecule has 4 rings (SSSR count). The number of rotatable bonds is 5. The highest BCUT2D eigenvalue weighted by Crippen LogP contribution is 2.28. The van der Waals surface area contributed by atoms with Crippen molar-refractivity contribution < 1.29 is 9.53 Å². The summed E-state index contributed by atoms with van der Waals surface area (Å²) in [5.41, 5.74) is 2.92. The third-order valence-corrected chi connectivity index (χ3v) is 5.40. The van der Waals surface area contributed by atoms with Crippen LogP contribution in [0.4, 0.5) is 0 Å². The van der Waals surface area contributed by atoms with Crippen LogP contribution in [0.3, 0.4) is 0 Å². The summed E-state index contributed by atoms with van der Waals surface area (Å²) in [7, 11) is 1.63. The number of carbonyl (C=O) groups is 1. The molecule has 0 aliphatic rings. The van der Waals surface area contributed by atoms with Crippen molar-refractivity contribution in [1.82, 2.24) is 20.5 Å². The number of aromatic amines is 1. The summed E-state index contributed by atoms with van der Waals surface area (Å²) in [4.78, 5) is 17.6. The maximum absolute atomic E-state index is 12.6. The molecule has 27 heavy (non-hydrogen) atoms. The monoisotopic (exact) mass is 378 g/mol. The summed E-state index contributed by atoms with van der Waals surface area (Å²) in [5, 5.41) is 11.8. The summed E-state index contributed by atoms with van der Waals surface area (Å²) < 4.78 is 5.24. The van der Waals surface area contributed by atoms with Gasteiger partial charge in [0.2, 0.25) is 0 Å². The molecule has 0 unspecified atom stereocenters. The normalized spacial score (nSPS) is 12.1. The first-order valence-electron chi connectivity index (χ1n) is 8.48. The lowest BCUT2D eigenvalue weighted by molar-refractivity contribution is 0.0943. The van der Waals surface area contributed by atoms with Gasteiger partial charge < -0.3 is 10.1 Å². The van der Waals surface area contributed by atoms with E-state index in [-0.39, 0.29) is 11.9 Å². The fourth-order valence-corrected chi connectivity index (χ4v) is 3.67. The number of nitrogens with one attached hydrogen (secondary N) is 2. The number of carbonyl (C=O) groups excluding carboxylic acids is 1. The molecule has 0 radical (unpaired) electrons. The van der Waals surface area contributed by atoms with Gasteiger partial charge in [0.25, 0.3) is 5.91 Å². The first kappa shape index (κ1) is 17.2. The minimum Gasteiger partial charge on any atom is -0.497 e. The minimum atomic E-state index is -0.140. The molecule has 0 saturated carbocycles. The Morgan fingerprint density at radius 3 is 2.96 bits per heavy atom. The Balaban J connectivity index is 1.51. The van der Waals surface area contributed by atoms with Crippen molar-refractivity contribution in [3.63, 3.8) is 0 Å². The second-order valence-electron chi connectivity index (χ2n) is 6.17. The first-order valence-corrected chi connectivity index (χ1v) is 9.30. The number of ether oxygens (including phenoxy) is 1. The molecule has 2 heterocycles. The van der Waals surface area contributed by atoms with E-state index < -0.39 is 0 Å². The van der Waals surface area contributed by atoms with Crippen LogP contribution >= 0.6 is 11.3 Å². The summed E-state index contributed by atoms with van der Waals surface area (Å²) in [5.74, 6) is 0.627. The van der Waals surface area contributed by atoms with Gasteiger partial charge >= 0.3 is 0 Å². The van der Waals surface area contributed by atoms with Crippen molar-refractivity contribution in [2.75, 3.05) is 7.11 Å². The van der Waals surface area contributed by atoms with Gasteiger partial charge in [0.1, 0.15) is 15.6 Å². The molecule has 0 aliphatic heterocycles. The molecule has 4 aromatic rings. The zero-order chi connectivity index (χ0) is 18.8. The molecule has 2 N–H and O–H groups in total. The van der Waals surface area contributed by atoms with Crippen molar-refractivity contribution in [3.8, 4) is 16.3 Å². The second-order valence-corrected chi connectivity index (χ2v) is 7.20. The van der Waals surface area contributed by atoms with Crippen LogP contribution in [0.25, 0.3) is 21.5 Å². The van der Waals surface area contributed by atoms with E-state index in [1.165, 1.54) is 11.3 Å². The molecule has 0 spiro atoms. The maximum atomic E-state index is 12.6. The fraction of sp³-hybridized carbons (Fsp3) is 0.150. The number of methoxy groups -OCH3 is 1. The quantitative estimate of drug-likeness (QED) is 0.546. The standard InChI is InChI=1S/C20H18N4O2S/c1-12(13-4-3-5-16(9-13)26-2)23-19(25)18-11-21-20(27-18)14-6-7-17-15(8-14)10-22-24-17/h3-12H,1-2H3,(H,22,24)(H,23,25)/t12-/m1/s1. The molecule has 7 heteroatoms. The van der Waals surface area contributed by atoms with Gasteiger partial charge in [-0.15, -0.1) is 11.3 Å². The Bertz CT molecular complexity index is 1100. The molecular weight excluding hydrogens is 360 g/mol. The van der Waals surface area contributed by atoms with Crippen molar-refractivity contribution >= 4 is 28.1 Å². The highest BCUT2D eigenvalue weighted by Gasteiger charge is 2.16. The summed E-state index contributed by atoms with van der Waals surface area (Å²) in [6.07, 6.45) is 3.39. The van der Waals surface area contributed by atoms with Crippen LogP contribution in [-0.2, 0) is 0 Å². The Labute approximate surface area is 160 Å². The topological polar surface area (TPSA) is 79.9 Å². The average molecular weight is 378 g/mol. The van der Waals surface area contributed by atoms with Crippen molar-refractivity contribution in [2.24, 2.45) is 0 Å². The van der Waals surface area contributed by atoms with Gasteiger partial charge in [-0.2, -0.15) is 5.10 Å². The van der Waals surface area contributed by atoms with Gasteiger partial charge in [-0.1, -0.05) is 12.1 Å². The number of nitrogens with zero attached hydrogens (tertiary/aromatic N) is 2. The summed E-state index contributed by atoms with van der Waals surface area (Å²) in [6, 6.07) is 13.5. The Kier molecular flexibility index (Phi) is 4.60. The minimum absolute atomic E-state index is 0.138. The number of fused-ring (bicyclic) bond motifs is 1. The molecule has 136 valence electrons. The predicted molar refractivity (Wildman–Crippen MR) is 106 cm³/mol. The molecule has 1 atom stereocenters. The lowest BCUT2D eigenvalue weighted by atomic mass is 10.1. The van der Waals surface area contributed by atoms with Gasteiger partial charge in [0.15, 0.2) is 0 Å². The van der Waals surface area contributed by atoms with E-state index in [1.54, 1.807) is 19.5 Å². The number of H-pyrrole nitrogens is 1. The van der Waals surface area contributed by atoms with Gasteiger partial charge in [-0.3, -0.25) is 9.89 Å². The number of amides is 1. The first-order chi connectivity index (χ1) is 13.1. The van der Waals surface area contributed by atoms with Crippen LogP contribution in [0.2, 0.25) is 0 Å². The predicted octanol–water partition coefficient (Wildman–Crippen LogP) is 4.19. The Morgan fingerprint density at radius 2 is 2.11 bits per heavy atom. The fourth-order valence-electron chi connectivity index (χ4n) is 2.85. The number of benzene rings is 2. The van der Waals surface area contributed by atoms with Gasteiger partial charge in [0, 0.05) is 10.9 Å². The van der Waals surface area contributed by atoms with E-state index in [4.69, 9.17) is 4.74 Å². The van der Waals surface area contributed by atoms with E-state index in [9.17, 15) is 4.79 Å². The van der Waals surface area contributed by atoms with E-state index in [0.29, 0.717) is 4.88 Å². The van der Waals surface area contributed by atoms with E-state index in [1.807, 2.05) is 49.4 Å². The Hall–Kier alpha value is -3.19. The smallest absolute Gasteiger partial charge is 0.263 e. The van der Waals surface area contributed by atoms with Crippen LogP contribution in [0, 0.1) is 0 Å². The van der Waals surface area contributed by atoms with Gasteiger partial charge in [0.05, 0.1) is 31.1 Å².